The fourth-order valence-corrected chi connectivity index (χ4v) is 6.53. The molecule has 0 saturated carbocycles. The number of rotatable bonds is 8. The van der Waals surface area contributed by atoms with Crippen molar-refractivity contribution in [1.82, 2.24) is 15.3 Å². The topological polar surface area (TPSA) is 98.2 Å². The molecule has 8 rings (SSSR count). The number of oxazole rings is 2. The Kier molecular flexibility index (Phi) is 7.66. The molecule has 49 heavy (non-hydrogen) atoms. The maximum Gasteiger partial charge on any atom is 0.224 e. The minimum absolute atomic E-state index is 0.100. The molecule has 2 atom stereocenters. The normalized spacial score (nSPS) is 16.3. The van der Waals surface area contributed by atoms with Crippen LogP contribution in [0.4, 0.5) is 0 Å². The lowest BCUT2D eigenvalue weighted by Gasteiger charge is -2.35. The van der Waals surface area contributed by atoms with Crippen LogP contribution in [-0.4, -0.2) is 21.5 Å². The van der Waals surface area contributed by atoms with E-state index in [-0.39, 0.29) is 23.9 Å². The van der Waals surface area contributed by atoms with Gasteiger partial charge >= 0.3 is 0 Å². The van der Waals surface area contributed by atoms with E-state index in [9.17, 15) is 9.59 Å². The van der Waals surface area contributed by atoms with Gasteiger partial charge in [-0.2, -0.15) is 0 Å². The predicted octanol–water partition coefficient (Wildman–Crippen LogP) is 9.35. The lowest BCUT2D eigenvalue weighted by atomic mass is 9.75. The van der Waals surface area contributed by atoms with Gasteiger partial charge in [0.2, 0.25) is 11.8 Å². The number of ketones is 2. The van der Waals surface area contributed by atoms with Gasteiger partial charge in [0.05, 0.1) is 6.04 Å². The third-order valence-corrected chi connectivity index (χ3v) is 8.92. The Morgan fingerprint density at radius 1 is 0.571 bits per heavy atom. The SMILES string of the molecule is CC(NC1(c2nc(-c3ccccc3)c(-c3ccccc3)o2)CC(=O)c2ccccc2C1=O)c1nc(-c2ccccc2)c(-c2ccccc2)o1. The predicted molar refractivity (Wildman–Crippen MR) is 188 cm³/mol. The van der Waals surface area contributed by atoms with Crippen molar-refractivity contribution >= 4 is 11.6 Å². The van der Waals surface area contributed by atoms with Crippen molar-refractivity contribution in [2.24, 2.45) is 0 Å². The number of carbonyl (C=O) groups excluding carboxylic acids is 2. The second-order valence-electron chi connectivity index (χ2n) is 12.1. The summed E-state index contributed by atoms with van der Waals surface area (Å²) in [6.07, 6.45) is -0.200. The van der Waals surface area contributed by atoms with Crippen LogP contribution in [0.25, 0.3) is 45.2 Å². The number of benzene rings is 5. The van der Waals surface area contributed by atoms with E-state index in [0.717, 1.165) is 22.3 Å². The van der Waals surface area contributed by atoms with Gasteiger partial charge in [0.15, 0.2) is 28.6 Å². The molecule has 0 saturated heterocycles. The minimum Gasteiger partial charge on any atom is -0.438 e. The van der Waals surface area contributed by atoms with Gasteiger partial charge in [-0.25, -0.2) is 9.97 Å². The number of aromatic nitrogens is 2. The molecule has 7 aromatic rings. The average Bonchev–Trinajstić information content (AvgIpc) is 3.82. The Bertz CT molecular complexity index is 2170. The van der Waals surface area contributed by atoms with Crippen LogP contribution in [0.3, 0.4) is 0 Å². The summed E-state index contributed by atoms with van der Waals surface area (Å²) in [5, 5.41) is 3.49. The Hall–Kier alpha value is -6.18. The summed E-state index contributed by atoms with van der Waals surface area (Å²) >= 11 is 0. The molecule has 0 radical (unpaired) electrons. The summed E-state index contributed by atoms with van der Waals surface area (Å²) < 4.78 is 13.2. The molecule has 238 valence electrons. The fraction of sp³-hybridized carbons (Fsp3) is 0.0952. The number of fused-ring (bicyclic) bond motifs is 1. The molecule has 0 bridgehead atoms. The smallest absolute Gasteiger partial charge is 0.224 e. The summed E-state index contributed by atoms with van der Waals surface area (Å²) in [5.74, 6) is 1.06. The zero-order chi connectivity index (χ0) is 33.4. The van der Waals surface area contributed by atoms with Gasteiger partial charge in [-0.05, 0) is 6.92 Å². The number of nitrogens with zero attached hydrogens (tertiary/aromatic N) is 2. The van der Waals surface area contributed by atoms with Gasteiger partial charge in [0, 0.05) is 39.8 Å². The number of hydrogen-bond donors (Lipinski definition) is 1. The Morgan fingerprint density at radius 3 is 1.57 bits per heavy atom. The van der Waals surface area contributed by atoms with Gasteiger partial charge in [-0.3, -0.25) is 14.9 Å². The summed E-state index contributed by atoms with van der Waals surface area (Å²) in [5.41, 5.74) is 3.66. The van der Waals surface area contributed by atoms with Crippen LogP contribution in [-0.2, 0) is 5.54 Å². The van der Waals surface area contributed by atoms with E-state index in [2.05, 4.69) is 5.32 Å². The maximum atomic E-state index is 14.8. The molecule has 2 aromatic heterocycles. The highest BCUT2D eigenvalue weighted by molar-refractivity contribution is 6.18. The third kappa shape index (κ3) is 5.40. The monoisotopic (exact) mass is 641 g/mol. The molecule has 2 heterocycles. The lowest BCUT2D eigenvalue weighted by molar-refractivity contribution is 0.0687. The number of Topliss-reactive ketones (excluding diaryl/α,β-unsaturated/α-hetero) is 2. The molecule has 7 heteroatoms. The number of hydrogen-bond acceptors (Lipinski definition) is 7. The van der Waals surface area contributed by atoms with E-state index in [1.54, 1.807) is 24.3 Å². The summed E-state index contributed by atoms with van der Waals surface area (Å²) in [4.78, 5) is 38.7. The number of carbonyl (C=O) groups is 2. The third-order valence-electron chi connectivity index (χ3n) is 8.92. The van der Waals surface area contributed by atoms with Gasteiger partial charge in [0.1, 0.15) is 11.4 Å². The molecule has 1 N–H and O–H groups in total. The largest absolute Gasteiger partial charge is 0.438 e. The summed E-state index contributed by atoms with van der Waals surface area (Å²) in [6, 6.07) is 45.2. The first-order valence-corrected chi connectivity index (χ1v) is 16.2. The van der Waals surface area contributed by atoms with Crippen molar-refractivity contribution in [3.63, 3.8) is 0 Å². The molecule has 5 aromatic carbocycles. The first-order chi connectivity index (χ1) is 24.0. The second-order valence-corrected chi connectivity index (χ2v) is 12.1. The molecule has 1 aliphatic carbocycles. The molecular weight excluding hydrogens is 610 g/mol. The molecule has 1 aliphatic rings. The van der Waals surface area contributed by atoms with E-state index in [0.29, 0.717) is 39.9 Å². The fourth-order valence-electron chi connectivity index (χ4n) is 6.53. The first kappa shape index (κ1) is 30.2. The van der Waals surface area contributed by atoms with Crippen LogP contribution in [0.5, 0.6) is 0 Å². The molecular formula is C42H31N3O4. The van der Waals surface area contributed by atoms with E-state index >= 15 is 0 Å². The van der Waals surface area contributed by atoms with Crippen LogP contribution < -0.4 is 5.32 Å². The molecule has 0 spiro atoms. The van der Waals surface area contributed by atoms with Crippen LogP contribution in [0.2, 0.25) is 0 Å². The van der Waals surface area contributed by atoms with Crippen molar-refractivity contribution < 1.29 is 18.4 Å². The lowest BCUT2D eigenvalue weighted by Crippen LogP contribution is -2.54. The van der Waals surface area contributed by atoms with Crippen molar-refractivity contribution in [2.45, 2.75) is 24.9 Å². The van der Waals surface area contributed by atoms with Gasteiger partial charge in [0.25, 0.3) is 0 Å². The average molecular weight is 642 g/mol. The standard InChI is InChI=1S/C42H31N3O4/c1-27(40-43-35(28-16-6-2-7-17-28)37(48-40)30-20-10-4-11-21-30)45-42(26-34(46)32-24-14-15-25-33(32)39(42)47)41-44-36(29-18-8-3-9-19-29)38(49-41)31-22-12-5-13-23-31/h2-25,27,45H,26H2,1H3. The molecule has 2 unspecified atom stereocenters. The van der Waals surface area contributed by atoms with Gasteiger partial charge in [-0.1, -0.05) is 146 Å². The van der Waals surface area contributed by atoms with Crippen molar-refractivity contribution in [3.8, 4) is 45.2 Å². The highest BCUT2D eigenvalue weighted by Crippen LogP contribution is 2.43. The van der Waals surface area contributed by atoms with Crippen LogP contribution in [0.15, 0.2) is 154 Å². The minimum atomic E-state index is -1.66. The van der Waals surface area contributed by atoms with E-state index in [1.165, 1.54) is 0 Å². The summed E-state index contributed by atoms with van der Waals surface area (Å²) in [7, 11) is 0. The summed E-state index contributed by atoms with van der Waals surface area (Å²) in [6.45, 7) is 1.87. The molecule has 0 amide bonds. The maximum absolute atomic E-state index is 14.8. The molecule has 0 fully saturated rings. The highest BCUT2D eigenvalue weighted by atomic mass is 16.4. The van der Waals surface area contributed by atoms with Crippen LogP contribution in [0.1, 0.15) is 51.9 Å². The second kappa shape index (κ2) is 12.4. The Balaban J connectivity index is 1.29. The van der Waals surface area contributed by atoms with Gasteiger partial charge in [-0.15, -0.1) is 0 Å². The quantitative estimate of drug-likeness (QED) is 0.177. The zero-order valence-electron chi connectivity index (χ0n) is 26.7. The van der Waals surface area contributed by atoms with E-state index in [1.807, 2.05) is 128 Å². The van der Waals surface area contributed by atoms with Crippen LogP contribution >= 0.6 is 0 Å². The Labute approximate surface area is 283 Å². The molecule has 7 nitrogen and oxygen atoms in total. The van der Waals surface area contributed by atoms with E-state index < -0.39 is 11.6 Å². The van der Waals surface area contributed by atoms with E-state index in [4.69, 9.17) is 18.8 Å². The van der Waals surface area contributed by atoms with Gasteiger partial charge < -0.3 is 8.83 Å². The number of nitrogens with one attached hydrogen (secondary N) is 1. The zero-order valence-corrected chi connectivity index (χ0v) is 26.7. The Morgan fingerprint density at radius 2 is 1.02 bits per heavy atom. The van der Waals surface area contributed by atoms with Crippen molar-refractivity contribution in [1.29, 1.82) is 0 Å². The highest BCUT2D eigenvalue weighted by Gasteiger charge is 2.52. The van der Waals surface area contributed by atoms with Crippen molar-refractivity contribution in [2.75, 3.05) is 0 Å². The van der Waals surface area contributed by atoms with Crippen LogP contribution in [0, 0.1) is 0 Å². The first-order valence-electron chi connectivity index (χ1n) is 16.2. The van der Waals surface area contributed by atoms with Crippen molar-refractivity contribution in [3.05, 3.63) is 169 Å². The molecule has 0 aliphatic heterocycles.